The minimum absolute atomic E-state index is 0.0116. The number of rotatable bonds is 8. The molecule has 0 unspecified atom stereocenters. The Morgan fingerprint density at radius 2 is 1.91 bits per heavy atom. The first-order valence-electron chi connectivity index (χ1n) is 13.0. The molecule has 220 valence electrons. The number of benzene rings is 2. The number of nitrogens with one attached hydrogen (secondary N) is 1. The molecule has 0 saturated heterocycles. The third kappa shape index (κ3) is 6.40. The SMILES string of the molecule is COc1ncc(-c2ccc3ncnc(C4=CCN(C(=O)/C=C/C(C)=O)CC4)c3c2)cc1NS(=O)(=O)c1c(F)cccc1Cl. The van der Waals surface area contributed by atoms with Crippen LogP contribution in [-0.2, 0) is 19.6 Å². The van der Waals surface area contributed by atoms with Gasteiger partial charge >= 0.3 is 0 Å². The summed E-state index contributed by atoms with van der Waals surface area (Å²) in [5, 5.41) is 0.480. The molecule has 10 nitrogen and oxygen atoms in total. The number of aromatic nitrogens is 3. The summed E-state index contributed by atoms with van der Waals surface area (Å²) in [4.78, 5) is 37.7. The Hall–Kier alpha value is -4.68. The highest BCUT2D eigenvalue weighted by Gasteiger charge is 2.25. The first-order chi connectivity index (χ1) is 20.6. The van der Waals surface area contributed by atoms with Crippen LogP contribution in [0.1, 0.15) is 19.0 Å². The van der Waals surface area contributed by atoms with Gasteiger partial charge in [0.25, 0.3) is 10.0 Å². The van der Waals surface area contributed by atoms with Crippen LogP contribution in [0.4, 0.5) is 10.1 Å². The van der Waals surface area contributed by atoms with Crippen molar-refractivity contribution < 1.29 is 27.1 Å². The predicted octanol–water partition coefficient (Wildman–Crippen LogP) is 5.05. The molecule has 0 spiro atoms. The molecular weight excluding hydrogens is 597 g/mol. The number of ketones is 1. The van der Waals surface area contributed by atoms with E-state index in [-0.39, 0.29) is 28.3 Å². The fourth-order valence-electron chi connectivity index (χ4n) is 4.65. The zero-order valence-electron chi connectivity index (χ0n) is 23.0. The number of hydrogen-bond donors (Lipinski definition) is 1. The van der Waals surface area contributed by atoms with E-state index in [1.807, 2.05) is 24.3 Å². The summed E-state index contributed by atoms with van der Waals surface area (Å²) < 4.78 is 48.2. The van der Waals surface area contributed by atoms with Gasteiger partial charge in [-0.3, -0.25) is 14.3 Å². The lowest BCUT2D eigenvalue weighted by atomic mass is 9.98. The average Bonchev–Trinajstić information content (AvgIpc) is 2.99. The minimum atomic E-state index is -4.43. The largest absolute Gasteiger partial charge is 0.480 e. The van der Waals surface area contributed by atoms with Gasteiger partial charge in [-0.25, -0.2) is 27.8 Å². The predicted molar refractivity (Wildman–Crippen MR) is 161 cm³/mol. The van der Waals surface area contributed by atoms with Gasteiger partial charge in [0.05, 0.1) is 23.3 Å². The van der Waals surface area contributed by atoms with Crippen molar-refractivity contribution in [1.29, 1.82) is 0 Å². The molecule has 1 amide bonds. The third-order valence-corrected chi connectivity index (χ3v) is 8.60. The Kier molecular flexibility index (Phi) is 8.51. The molecule has 0 bridgehead atoms. The molecule has 13 heteroatoms. The topological polar surface area (TPSA) is 131 Å². The van der Waals surface area contributed by atoms with Crippen molar-refractivity contribution >= 4 is 55.5 Å². The number of carbonyl (C=O) groups excluding carboxylic acids is 2. The van der Waals surface area contributed by atoms with Gasteiger partial charge in [0.2, 0.25) is 11.8 Å². The number of carbonyl (C=O) groups is 2. The summed E-state index contributed by atoms with van der Waals surface area (Å²) in [6, 6.07) is 10.6. The quantitative estimate of drug-likeness (QED) is 0.270. The van der Waals surface area contributed by atoms with Crippen LogP contribution in [0.25, 0.3) is 27.6 Å². The summed E-state index contributed by atoms with van der Waals surface area (Å²) in [5.74, 6) is -1.46. The molecule has 1 N–H and O–H groups in total. The van der Waals surface area contributed by atoms with Gasteiger partial charge in [0.1, 0.15) is 22.7 Å². The molecule has 4 aromatic rings. The van der Waals surface area contributed by atoms with Crippen LogP contribution in [0, 0.1) is 5.82 Å². The standard InChI is InChI=1S/C30H25ClFN5O5S/c1-18(38)6-9-27(39)37-12-10-19(11-13-37)28-22-14-20(7-8-25(22)34-17-35-28)21-15-26(30(42-2)33-16-21)36-43(40,41)29-23(31)4-3-5-24(29)32/h3-10,14-17,36H,11-13H2,1-2H3/b9-6+. The molecule has 3 heterocycles. The Balaban J connectivity index is 1.48. The van der Waals surface area contributed by atoms with Crippen molar-refractivity contribution in [1.82, 2.24) is 19.9 Å². The van der Waals surface area contributed by atoms with Crippen LogP contribution in [0.3, 0.4) is 0 Å². The van der Waals surface area contributed by atoms with Gasteiger partial charge in [-0.05, 0) is 60.9 Å². The van der Waals surface area contributed by atoms with Crippen LogP contribution in [0.2, 0.25) is 5.02 Å². The number of allylic oxidation sites excluding steroid dienone is 1. The van der Waals surface area contributed by atoms with Crippen LogP contribution in [-0.4, -0.2) is 60.2 Å². The summed E-state index contributed by atoms with van der Waals surface area (Å²) in [6.07, 6.45) is 7.99. The number of sulfonamides is 1. The molecular formula is C30H25ClFN5O5S. The summed E-state index contributed by atoms with van der Waals surface area (Å²) in [5.41, 5.74) is 3.55. The fourth-order valence-corrected chi connectivity index (χ4v) is 6.31. The molecule has 5 rings (SSSR count). The molecule has 0 atom stereocenters. The molecule has 43 heavy (non-hydrogen) atoms. The normalized spacial score (nSPS) is 13.7. The summed E-state index contributed by atoms with van der Waals surface area (Å²) >= 11 is 6.01. The molecule has 0 saturated carbocycles. The van der Waals surface area contributed by atoms with Crippen molar-refractivity contribution in [3.63, 3.8) is 0 Å². The van der Waals surface area contributed by atoms with Gasteiger partial charge in [-0.1, -0.05) is 29.8 Å². The zero-order chi connectivity index (χ0) is 30.7. The number of hydrogen-bond acceptors (Lipinski definition) is 8. The van der Waals surface area contributed by atoms with E-state index in [1.54, 1.807) is 4.90 Å². The highest BCUT2D eigenvalue weighted by molar-refractivity contribution is 7.92. The Morgan fingerprint density at radius 1 is 1.09 bits per heavy atom. The smallest absolute Gasteiger partial charge is 0.266 e. The van der Waals surface area contributed by atoms with E-state index in [0.717, 1.165) is 17.0 Å². The van der Waals surface area contributed by atoms with Crippen LogP contribution < -0.4 is 9.46 Å². The van der Waals surface area contributed by atoms with Crippen molar-refractivity contribution in [2.45, 2.75) is 18.2 Å². The highest BCUT2D eigenvalue weighted by atomic mass is 35.5. The number of amides is 1. The molecule has 1 aliphatic heterocycles. The van der Waals surface area contributed by atoms with Gasteiger partial charge in [0.15, 0.2) is 5.78 Å². The van der Waals surface area contributed by atoms with Crippen molar-refractivity contribution in [2.75, 3.05) is 24.9 Å². The van der Waals surface area contributed by atoms with Gasteiger partial charge in [0, 0.05) is 36.3 Å². The van der Waals surface area contributed by atoms with Gasteiger partial charge in [-0.2, -0.15) is 0 Å². The van der Waals surface area contributed by atoms with E-state index >= 15 is 0 Å². The molecule has 2 aromatic carbocycles. The molecule has 0 fully saturated rings. The first-order valence-corrected chi connectivity index (χ1v) is 14.9. The van der Waals surface area contributed by atoms with E-state index in [4.69, 9.17) is 16.3 Å². The number of nitrogens with zero attached hydrogens (tertiary/aromatic N) is 4. The van der Waals surface area contributed by atoms with Gasteiger partial charge in [-0.15, -0.1) is 0 Å². The summed E-state index contributed by atoms with van der Waals surface area (Å²) in [7, 11) is -3.10. The maximum atomic E-state index is 14.4. The Morgan fingerprint density at radius 3 is 2.60 bits per heavy atom. The maximum absolute atomic E-state index is 14.4. The van der Waals surface area contributed by atoms with Crippen molar-refractivity contribution in [3.8, 4) is 17.0 Å². The fraction of sp³-hybridized carbons (Fsp3) is 0.167. The van der Waals surface area contributed by atoms with Crippen LogP contribution >= 0.6 is 11.6 Å². The summed E-state index contributed by atoms with van der Waals surface area (Å²) in [6.45, 7) is 2.20. The number of halogens is 2. The average molecular weight is 622 g/mol. The van der Waals surface area contributed by atoms with E-state index < -0.39 is 20.7 Å². The second-order valence-corrected chi connectivity index (χ2v) is 11.6. The number of methoxy groups -OCH3 is 1. The number of fused-ring (bicyclic) bond motifs is 1. The van der Waals surface area contributed by atoms with E-state index in [9.17, 15) is 22.4 Å². The molecule has 0 aliphatic carbocycles. The third-order valence-electron chi connectivity index (χ3n) is 6.73. The Bertz CT molecular complexity index is 1910. The number of anilines is 1. The van der Waals surface area contributed by atoms with E-state index in [0.29, 0.717) is 41.8 Å². The molecule has 0 radical (unpaired) electrons. The zero-order valence-corrected chi connectivity index (χ0v) is 24.6. The lowest BCUT2D eigenvalue weighted by molar-refractivity contribution is -0.126. The Labute approximate surface area is 251 Å². The van der Waals surface area contributed by atoms with E-state index in [1.165, 1.54) is 56.9 Å². The van der Waals surface area contributed by atoms with Crippen LogP contribution in [0.5, 0.6) is 5.88 Å². The second-order valence-electron chi connectivity index (χ2n) is 9.60. The molecule has 2 aromatic heterocycles. The number of pyridine rings is 1. The van der Waals surface area contributed by atoms with E-state index in [2.05, 4.69) is 19.7 Å². The number of ether oxygens (including phenoxy) is 1. The lowest BCUT2D eigenvalue weighted by Gasteiger charge is -2.25. The van der Waals surface area contributed by atoms with Gasteiger partial charge < -0.3 is 9.64 Å². The lowest BCUT2D eigenvalue weighted by Crippen LogP contribution is -2.33. The second kappa shape index (κ2) is 12.3. The highest BCUT2D eigenvalue weighted by Crippen LogP contribution is 2.34. The monoisotopic (exact) mass is 621 g/mol. The van der Waals surface area contributed by atoms with Crippen molar-refractivity contribution in [2.24, 2.45) is 0 Å². The molecule has 1 aliphatic rings. The van der Waals surface area contributed by atoms with Crippen LogP contribution in [0.15, 0.2) is 78.1 Å². The maximum Gasteiger partial charge on any atom is 0.266 e. The minimum Gasteiger partial charge on any atom is -0.480 e. The van der Waals surface area contributed by atoms with Crippen molar-refractivity contribution in [3.05, 3.63) is 89.8 Å². The first kappa shape index (κ1) is 29.8.